The first kappa shape index (κ1) is 22.9. The first-order chi connectivity index (χ1) is 13.1. The summed E-state index contributed by atoms with van der Waals surface area (Å²) in [4.78, 5) is 23.5. The molecule has 1 aromatic rings. The van der Waals surface area contributed by atoms with Crippen molar-refractivity contribution < 1.29 is 22.7 Å². The Morgan fingerprint density at radius 2 is 1.82 bits per heavy atom. The summed E-state index contributed by atoms with van der Waals surface area (Å²) >= 11 is 11.7. The fraction of sp³-hybridized carbons (Fsp3) is 0.556. The van der Waals surface area contributed by atoms with E-state index >= 15 is 0 Å². The van der Waals surface area contributed by atoms with Gasteiger partial charge in [0.1, 0.15) is 11.4 Å². The van der Waals surface area contributed by atoms with E-state index in [0.717, 1.165) is 19.3 Å². The van der Waals surface area contributed by atoms with Crippen LogP contribution >= 0.6 is 23.2 Å². The van der Waals surface area contributed by atoms with Gasteiger partial charge in [-0.05, 0) is 30.4 Å². The number of nitrogens with one attached hydrogen (secondary N) is 2. The summed E-state index contributed by atoms with van der Waals surface area (Å²) in [5.74, 6) is -0.420. The first-order valence-electron chi connectivity index (χ1n) is 9.00. The molecule has 1 fully saturated rings. The van der Waals surface area contributed by atoms with Gasteiger partial charge in [0.05, 0.1) is 10.0 Å². The maximum absolute atomic E-state index is 12.3. The Bertz CT molecular complexity index is 811. The Hall–Kier alpha value is -1.35. The highest BCUT2D eigenvalue weighted by Crippen LogP contribution is 2.30. The molecule has 3 atom stereocenters. The van der Waals surface area contributed by atoms with Crippen LogP contribution in [0, 0.1) is 11.8 Å². The Morgan fingerprint density at radius 3 is 2.46 bits per heavy atom. The van der Waals surface area contributed by atoms with Gasteiger partial charge in [0, 0.05) is 6.04 Å². The third-order valence-electron chi connectivity index (χ3n) is 5.01. The van der Waals surface area contributed by atoms with E-state index in [-0.39, 0.29) is 21.0 Å². The highest BCUT2D eigenvalue weighted by atomic mass is 35.5. The number of carbonyl (C=O) groups excluding carboxylic acids is 2. The van der Waals surface area contributed by atoms with Crippen LogP contribution in [0.15, 0.2) is 23.1 Å². The first-order valence-corrected chi connectivity index (χ1v) is 11.2. The topological polar surface area (TPSA) is 102 Å². The van der Waals surface area contributed by atoms with Gasteiger partial charge < -0.3 is 10.1 Å². The summed E-state index contributed by atoms with van der Waals surface area (Å²) in [5, 5.41) is 2.75. The minimum atomic E-state index is -4.11. The van der Waals surface area contributed by atoms with Crippen LogP contribution in [-0.4, -0.2) is 39.5 Å². The molecular weight excluding hydrogens is 427 g/mol. The number of amides is 1. The van der Waals surface area contributed by atoms with Crippen molar-refractivity contribution in [3.05, 3.63) is 28.2 Å². The van der Waals surface area contributed by atoms with Crippen molar-refractivity contribution >= 4 is 45.1 Å². The molecule has 7 nitrogen and oxygen atoms in total. The van der Waals surface area contributed by atoms with Crippen LogP contribution in [0.5, 0.6) is 0 Å². The van der Waals surface area contributed by atoms with Gasteiger partial charge >= 0.3 is 5.97 Å². The minimum Gasteiger partial charge on any atom is -0.455 e. The van der Waals surface area contributed by atoms with Crippen LogP contribution in [0.2, 0.25) is 10.0 Å². The number of sulfonamides is 1. The molecule has 0 spiro atoms. The van der Waals surface area contributed by atoms with Crippen molar-refractivity contribution in [3.8, 4) is 0 Å². The Balaban J connectivity index is 1.82. The van der Waals surface area contributed by atoms with Crippen LogP contribution in [0.1, 0.15) is 33.1 Å². The van der Waals surface area contributed by atoms with Gasteiger partial charge in [0.2, 0.25) is 10.0 Å². The van der Waals surface area contributed by atoms with Crippen molar-refractivity contribution in [1.82, 2.24) is 10.0 Å². The molecule has 1 amide bonds. The third kappa shape index (κ3) is 6.07. The van der Waals surface area contributed by atoms with Gasteiger partial charge in [-0.1, -0.05) is 56.0 Å². The van der Waals surface area contributed by atoms with E-state index < -0.39 is 35.1 Å². The minimum absolute atomic E-state index is 0.0517. The molecule has 0 heterocycles. The Labute approximate surface area is 175 Å². The molecule has 1 aliphatic rings. The summed E-state index contributed by atoms with van der Waals surface area (Å²) in [6, 6.07) is 4.30. The van der Waals surface area contributed by atoms with Crippen LogP contribution < -0.4 is 10.0 Å². The van der Waals surface area contributed by atoms with Gasteiger partial charge in [0.25, 0.3) is 5.91 Å². The summed E-state index contributed by atoms with van der Waals surface area (Å²) in [5.41, 5.74) is 0. The van der Waals surface area contributed by atoms with E-state index in [0.29, 0.717) is 11.8 Å². The zero-order valence-electron chi connectivity index (χ0n) is 15.7. The fourth-order valence-corrected chi connectivity index (χ4v) is 5.31. The zero-order chi connectivity index (χ0) is 20.9. The van der Waals surface area contributed by atoms with E-state index in [2.05, 4.69) is 23.9 Å². The van der Waals surface area contributed by atoms with Gasteiger partial charge in [0.15, 0.2) is 6.61 Å². The lowest BCUT2D eigenvalue weighted by Crippen LogP contribution is -2.45. The smallest absolute Gasteiger partial charge is 0.321 e. The molecule has 0 saturated heterocycles. The van der Waals surface area contributed by atoms with Crippen molar-refractivity contribution in [2.45, 2.75) is 44.0 Å². The lowest BCUT2D eigenvalue weighted by Gasteiger charge is -2.34. The predicted octanol–water partition coefficient (Wildman–Crippen LogP) is 2.76. The average Bonchev–Trinajstić information content (AvgIpc) is 2.62. The molecule has 0 unspecified atom stereocenters. The largest absolute Gasteiger partial charge is 0.455 e. The lowest BCUT2D eigenvalue weighted by atomic mass is 9.78. The molecule has 1 aromatic carbocycles. The maximum atomic E-state index is 12.3. The quantitative estimate of drug-likeness (QED) is 0.621. The number of hydrogen-bond acceptors (Lipinski definition) is 5. The molecule has 2 rings (SSSR count). The number of benzene rings is 1. The zero-order valence-corrected chi connectivity index (χ0v) is 18.0. The van der Waals surface area contributed by atoms with E-state index in [9.17, 15) is 18.0 Å². The van der Waals surface area contributed by atoms with Gasteiger partial charge in [-0.25, -0.2) is 8.42 Å². The van der Waals surface area contributed by atoms with Crippen molar-refractivity contribution in [1.29, 1.82) is 0 Å². The Morgan fingerprint density at radius 1 is 1.18 bits per heavy atom. The Kier molecular flexibility index (Phi) is 8.12. The third-order valence-corrected chi connectivity index (χ3v) is 7.37. The molecule has 1 aliphatic carbocycles. The molecule has 2 N–H and O–H groups in total. The molecule has 0 radical (unpaired) electrons. The van der Waals surface area contributed by atoms with Gasteiger partial charge in [-0.15, -0.1) is 0 Å². The number of esters is 1. The summed E-state index contributed by atoms with van der Waals surface area (Å²) in [7, 11) is -4.11. The second-order valence-electron chi connectivity index (χ2n) is 6.98. The molecule has 10 heteroatoms. The van der Waals surface area contributed by atoms with Crippen LogP contribution in [0.3, 0.4) is 0 Å². The molecule has 1 saturated carbocycles. The van der Waals surface area contributed by atoms with E-state index in [4.69, 9.17) is 27.9 Å². The van der Waals surface area contributed by atoms with Crippen LogP contribution in [0.4, 0.5) is 0 Å². The number of hydrogen-bond donors (Lipinski definition) is 2. The summed E-state index contributed by atoms with van der Waals surface area (Å²) < 4.78 is 31.5. The lowest BCUT2D eigenvalue weighted by molar-refractivity contribution is -0.147. The van der Waals surface area contributed by atoms with Crippen molar-refractivity contribution in [2.75, 3.05) is 13.2 Å². The number of ether oxygens (including phenoxy) is 1. The number of halogens is 2. The van der Waals surface area contributed by atoms with Crippen molar-refractivity contribution in [2.24, 2.45) is 11.8 Å². The highest BCUT2D eigenvalue weighted by molar-refractivity contribution is 7.89. The normalized spacial score (nSPS) is 22.5. The SMILES string of the molecule is C[C@@H]1[C@H](C)CCC[C@@H]1NC(=O)COC(=O)CNS(=O)(=O)c1c(Cl)cccc1Cl. The molecule has 156 valence electrons. The number of carbonyl (C=O) groups is 2. The molecule has 0 aliphatic heterocycles. The summed E-state index contributed by atoms with van der Waals surface area (Å²) in [6.45, 7) is 3.13. The summed E-state index contributed by atoms with van der Waals surface area (Å²) in [6.07, 6.45) is 3.07. The van der Waals surface area contributed by atoms with E-state index in [1.54, 1.807) is 0 Å². The van der Waals surface area contributed by atoms with E-state index in [1.165, 1.54) is 18.2 Å². The molecule has 0 bridgehead atoms. The maximum Gasteiger partial charge on any atom is 0.321 e. The second-order valence-corrected chi connectivity index (χ2v) is 9.50. The van der Waals surface area contributed by atoms with Crippen LogP contribution in [0.25, 0.3) is 0 Å². The average molecular weight is 451 g/mol. The second kappa shape index (κ2) is 9.91. The number of rotatable bonds is 7. The van der Waals surface area contributed by atoms with Gasteiger partial charge in [-0.3, -0.25) is 9.59 Å². The standard InChI is InChI=1S/C18H24Cl2N2O5S/c1-11-5-3-8-15(12(11)2)22-16(23)10-27-17(24)9-21-28(25,26)18-13(19)6-4-7-14(18)20/h4,6-7,11-12,15,21H,3,5,8-10H2,1-2H3,(H,22,23)/t11-,12-,15+/m1/s1. The predicted molar refractivity (Wildman–Crippen MR) is 107 cm³/mol. The van der Waals surface area contributed by atoms with Gasteiger partial charge in [-0.2, -0.15) is 4.72 Å². The molecule has 28 heavy (non-hydrogen) atoms. The van der Waals surface area contributed by atoms with Crippen molar-refractivity contribution in [3.63, 3.8) is 0 Å². The fourth-order valence-electron chi connectivity index (χ4n) is 3.20. The highest BCUT2D eigenvalue weighted by Gasteiger charge is 2.28. The van der Waals surface area contributed by atoms with Crippen LogP contribution in [-0.2, 0) is 24.3 Å². The molecular formula is C18H24Cl2N2O5S. The molecule has 0 aromatic heterocycles. The van der Waals surface area contributed by atoms with E-state index in [1.807, 2.05) is 0 Å². The monoisotopic (exact) mass is 450 g/mol.